The molecule has 2 aromatic carbocycles. The molecule has 1 amide bonds. The number of amides is 1. The third-order valence-corrected chi connectivity index (χ3v) is 5.23. The summed E-state index contributed by atoms with van der Waals surface area (Å²) in [6.45, 7) is 4.18. The highest BCUT2D eigenvalue weighted by Crippen LogP contribution is 2.22. The molecule has 0 spiro atoms. The van der Waals surface area contributed by atoms with Crippen molar-refractivity contribution in [2.24, 2.45) is 0 Å². The molecule has 4 rings (SSSR count). The summed E-state index contributed by atoms with van der Waals surface area (Å²) in [4.78, 5) is 31.8. The summed E-state index contributed by atoms with van der Waals surface area (Å²) in [5.74, 6) is 0.264. The van der Waals surface area contributed by atoms with Crippen LogP contribution in [0.4, 0.5) is 5.82 Å². The van der Waals surface area contributed by atoms with Crippen molar-refractivity contribution in [3.05, 3.63) is 112 Å². The van der Waals surface area contributed by atoms with Gasteiger partial charge in [0.1, 0.15) is 12.4 Å². The van der Waals surface area contributed by atoms with Crippen LogP contribution in [0.1, 0.15) is 16.7 Å². The van der Waals surface area contributed by atoms with E-state index in [1.165, 1.54) is 10.7 Å². The zero-order valence-corrected chi connectivity index (χ0v) is 18.1. The molecule has 0 radical (unpaired) electrons. The molecular formula is C26H24N4O2. The molecule has 0 unspecified atom stereocenters. The molecule has 4 aromatic rings. The van der Waals surface area contributed by atoms with Gasteiger partial charge in [0.25, 0.3) is 5.56 Å². The number of carbonyl (C=O) groups excluding carboxylic acids is 1. The van der Waals surface area contributed by atoms with E-state index < -0.39 is 0 Å². The van der Waals surface area contributed by atoms with Gasteiger partial charge in [0.15, 0.2) is 0 Å². The van der Waals surface area contributed by atoms with Gasteiger partial charge in [-0.05, 0) is 49.2 Å². The molecule has 6 heteroatoms. The Labute approximate surface area is 186 Å². The predicted octanol–water partition coefficient (Wildman–Crippen LogP) is 4.16. The number of aryl methyl sites for hydroxylation is 2. The number of rotatable bonds is 6. The van der Waals surface area contributed by atoms with E-state index in [2.05, 4.69) is 10.1 Å². The van der Waals surface area contributed by atoms with Gasteiger partial charge in [0.05, 0.1) is 12.2 Å². The highest BCUT2D eigenvalue weighted by Gasteiger charge is 2.19. The Balaban J connectivity index is 1.66. The summed E-state index contributed by atoms with van der Waals surface area (Å²) >= 11 is 0. The van der Waals surface area contributed by atoms with Crippen molar-refractivity contribution in [2.75, 3.05) is 4.90 Å². The first-order valence-electron chi connectivity index (χ1n) is 10.4. The lowest BCUT2D eigenvalue weighted by molar-refractivity contribution is -0.119. The van der Waals surface area contributed by atoms with Gasteiger partial charge in [-0.1, -0.05) is 54.1 Å². The van der Waals surface area contributed by atoms with Crippen LogP contribution in [0.15, 0.2) is 89.9 Å². The van der Waals surface area contributed by atoms with Crippen molar-refractivity contribution in [2.45, 2.75) is 26.9 Å². The normalized spacial score (nSPS) is 10.7. The van der Waals surface area contributed by atoms with E-state index >= 15 is 0 Å². The van der Waals surface area contributed by atoms with Crippen LogP contribution in [0.25, 0.3) is 11.3 Å². The number of pyridine rings is 1. The van der Waals surface area contributed by atoms with E-state index in [-0.39, 0.29) is 18.0 Å². The SMILES string of the molecule is Cc1ccc(C)c(-c2ccc(=O)n(CC(=O)N(Cc3ccccc3)c3ccccn3)n2)c1. The van der Waals surface area contributed by atoms with Crippen LogP contribution in [0.2, 0.25) is 0 Å². The lowest BCUT2D eigenvalue weighted by atomic mass is 10.0. The van der Waals surface area contributed by atoms with E-state index in [0.717, 1.165) is 22.3 Å². The number of hydrogen-bond donors (Lipinski definition) is 0. The van der Waals surface area contributed by atoms with E-state index in [0.29, 0.717) is 18.1 Å². The van der Waals surface area contributed by atoms with Gasteiger partial charge in [0.2, 0.25) is 5.91 Å². The second kappa shape index (κ2) is 9.39. The molecule has 32 heavy (non-hydrogen) atoms. The number of hydrogen-bond acceptors (Lipinski definition) is 4. The van der Waals surface area contributed by atoms with Crippen LogP contribution in [0, 0.1) is 13.8 Å². The second-order valence-corrected chi connectivity index (χ2v) is 7.69. The van der Waals surface area contributed by atoms with E-state index in [1.54, 1.807) is 29.3 Å². The Morgan fingerprint density at radius 1 is 0.938 bits per heavy atom. The average Bonchev–Trinajstić information content (AvgIpc) is 2.82. The van der Waals surface area contributed by atoms with Gasteiger partial charge in [-0.2, -0.15) is 5.10 Å². The maximum atomic E-state index is 13.3. The van der Waals surface area contributed by atoms with Crippen molar-refractivity contribution in [1.82, 2.24) is 14.8 Å². The molecule has 6 nitrogen and oxygen atoms in total. The summed E-state index contributed by atoms with van der Waals surface area (Å²) in [5.41, 5.74) is 4.40. The largest absolute Gasteiger partial charge is 0.291 e. The molecule has 0 atom stereocenters. The Bertz CT molecular complexity index is 1280. The molecule has 2 aromatic heterocycles. The molecule has 0 saturated heterocycles. The molecule has 0 fully saturated rings. The van der Waals surface area contributed by atoms with Gasteiger partial charge >= 0.3 is 0 Å². The predicted molar refractivity (Wildman–Crippen MR) is 125 cm³/mol. The number of aromatic nitrogens is 3. The number of benzene rings is 2. The van der Waals surface area contributed by atoms with Crippen LogP contribution >= 0.6 is 0 Å². The average molecular weight is 425 g/mol. The molecule has 0 aliphatic heterocycles. The molecule has 0 aliphatic rings. The molecule has 160 valence electrons. The minimum absolute atomic E-state index is 0.180. The zero-order chi connectivity index (χ0) is 22.5. The maximum Gasteiger partial charge on any atom is 0.267 e. The fraction of sp³-hybridized carbons (Fsp3) is 0.154. The number of anilines is 1. The Morgan fingerprint density at radius 3 is 2.47 bits per heavy atom. The van der Waals surface area contributed by atoms with E-state index in [4.69, 9.17) is 0 Å². The van der Waals surface area contributed by atoms with Crippen LogP contribution < -0.4 is 10.5 Å². The molecule has 0 N–H and O–H groups in total. The van der Waals surface area contributed by atoms with Crippen LogP contribution in [0.5, 0.6) is 0 Å². The summed E-state index contributed by atoms with van der Waals surface area (Å²) in [6, 6.07) is 24.4. The van der Waals surface area contributed by atoms with Gasteiger partial charge in [-0.15, -0.1) is 0 Å². The summed E-state index contributed by atoms with van der Waals surface area (Å²) in [6.07, 6.45) is 1.65. The van der Waals surface area contributed by atoms with Crippen molar-refractivity contribution in [3.63, 3.8) is 0 Å². The van der Waals surface area contributed by atoms with Crippen molar-refractivity contribution in [3.8, 4) is 11.3 Å². The Kier molecular flexibility index (Phi) is 6.22. The third-order valence-electron chi connectivity index (χ3n) is 5.23. The molecule has 2 heterocycles. The monoisotopic (exact) mass is 424 g/mol. The fourth-order valence-corrected chi connectivity index (χ4v) is 3.51. The van der Waals surface area contributed by atoms with Crippen LogP contribution in [0.3, 0.4) is 0 Å². The Morgan fingerprint density at radius 2 is 1.72 bits per heavy atom. The van der Waals surface area contributed by atoms with Crippen LogP contribution in [-0.2, 0) is 17.9 Å². The second-order valence-electron chi connectivity index (χ2n) is 7.69. The van der Waals surface area contributed by atoms with E-state index in [9.17, 15) is 9.59 Å². The van der Waals surface area contributed by atoms with Crippen molar-refractivity contribution < 1.29 is 4.79 Å². The fourth-order valence-electron chi connectivity index (χ4n) is 3.51. The minimum Gasteiger partial charge on any atom is -0.291 e. The van der Waals surface area contributed by atoms with Gasteiger partial charge in [-0.3, -0.25) is 14.5 Å². The van der Waals surface area contributed by atoms with Gasteiger partial charge in [0, 0.05) is 17.8 Å². The molecule has 0 bridgehead atoms. The first-order chi connectivity index (χ1) is 15.5. The lowest BCUT2D eigenvalue weighted by Crippen LogP contribution is -2.37. The topological polar surface area (TPSA) is 68.1 Å². The summed E-state index contributed by atoms with van der Waals surface area (Å²) in [5, 5.41) is 4.50. The summed E-state index contributed by atoms with van der Waals surface area (Å²) in [7, 11) is 0. The van der Waals surface area contributed by atoms with E-state index in [1.807, 2.05) is 68.4 Å². The number of carbonyl (C=O) groups is 1. The highest BCUT2D eigenvalue weighted by molar-refractivity contribution is 5.92. The van der Waals surface area contributed by atoms with Gasteiger partial charge in [-0.25, -0.2) is 9.67 Å². The quantitative estimate of drug-likeness (QED) is 0.466. The Hall–Kier alpha value is -4.06. The third kappa shape index (κ3) is 4.81. The first kappa shape index (κ1) is 21.2. The smallest absolute Gasteiger partial charge is 0.267 e. The number of nitrogens with zero attached hydrogens (tertiary/aromatic N) is 4. The lowest BCUT2D eigenvalue weighted by Gasteiger charge is -2.22. The standard InChI is InChI=1S/C26H24N4O2/c1-19-11-12-20(2)22(16-19)23-13-14-25(31)30(28-23)18-26(32)29(24-10-6-7-15-27-24)17-21-8-4-3-5-9-21/h3-16H,17-18H2,1-2H3. The zero-order valence-electron chi connectivity index (χ0n) is 18.1. The summed E-state index contributed by atoms with van der Waals surface area (Å²) < 4.78 is 1.22. The minimum atomic E-state index is -0.326. The maximum absolute atomic E-state index is 13.3. The molecular weight excluding hydrogens is 400 g/mol. The first-order valence-corrected chi connectivity index (χ1v) is 10.4. The van der Waals surface area contributed by atoms with Crippen molar-refractivity contribution >= 4 is 11.7 Å². The molecule has 0 saturated carbocycles. The highest BCUT2D eigenvalue weighted by atomic mass is 16.2. The van der Waals surface area contributed by atoms with Crippen LogP contribution in [-0.4, -0.2) is 20.7 Å². The molecule has 0 aliphatic carbocycles. The van der Waals surface area contributed by atoms with Gasteiger partial charge < -0.3 is 0 Å². The van der Waals surface area contributed by atoms with Crippen molar-refractivity contribution in [1.29, 1.82) is 0 Å².